The third-order valence-corrected chi connectivity index (χ3v) is 2.98. The second-order valence-electron chi connectivity index (χ2n) is 4.61. The van der Waals surface area contributed by atoms with Crippen LogP contribution >= 0.6 is 0 Å². The van der Waals surface area contributed by atoms with Gasteiger partial charge in [-0.25, -0.2) is 0 Å². The number of rotatable bonds is 7. The van der Waals surface area contributed by atoms with Crippen molar-refractivity contribution in [3.05, 3.63) is 0 Å². The molecule has 0 aromatic rings. The van der Waals surface area contributed by atoms with Crippen molar-refractivity contribution in [3.8, 4) is 0 Å². The molecule has 0 bridgehead atoms. The minimum Gasteiger partial charge on any atom is -0.378 e. The number of carbonyl (C=O) groups excluding carboxylic acids is 1. The Bertz CT molecular complexity index is 188. The second kappa shape index (κ2) is 6.96. The quantitative estimate of drug-likeness (QED) is 0.702. The van der Waals surface area contributed by atoms with E-state index in [-0.39, 0.29) is 0 Å². The van der Waals surface area contributed by atoms with Crippen LogP contribution in [0.25, 0.3) is 0 Å². The summed E-state index contributed by atoms with van der Waals surface area (Å²) in [6.45, 7) is 3.54. The predicted octanol–water partition coefficient (Wildman–Crippen LogP) is 1.89. The summed E-state index contributed by atoms with van der Waals surface area (Å²) >= 11 is 0. The van der Waals surface area contributed by atoms with E-state index < -0.39 is 0 Å². The summed E-state index contributed by atoms with van der Waals surface area (Å²) in [6.07, 6.45) is 6.14. The van der Waals surface area contributed by atoms with Crippen LogP contribution in [0.1, 0.15) is 45.4 Å². The Kier molecular flexibility index (Phi) is 5.88. The van der Waals surface area contributed by atoms with Crippen molar-refractivity contribution in [2.75, 3.05) is 13.2 Å². The van der Waals surface area contributed by atoms with Crippen molar-refractivity contribution >= 4 is 5.78 Å². The average molecular weight is 213 g/mol. The van der Waals surface area contributed by atoms with Gasteiger partial charge in [0.1, 0.15) is 5.78 Å². The van der Waals surface area contributed by atoms with E-state index in [0.29, 0.717) is 37.2 Å². The number of nitrogens with two attached hydrogens (primary N) is 1. The monoisotopic (exact) mass is 213 g/mol. The lowest BCUT2D eigenvalue weighted by Gasteiger charge is -2.09. The van der Waals surface area contributed by atoms with Crippen LogP contribution < -0.4 is 5.73 Å². The van der Waals surface area contributed by atoms with Gasteiger partial charge in [-0.2, -0.15) is 0 Å². The van der Waals surface area contributed by atoms with E-state index in [4.69, 9.17) is 10.5 Å². The maximum Gasteiger partial charge on any atom is 0.133 e. The van der Waals surface area contributed by atoms with E-state index >= 15 is 0 Å². The Labute approximate surface area is 92.4 Å². The van der Waals surface area contributed by atoms with Crippen molar-refractivity contribution in [1.29, 1.82) is 0 Å². The van der Waals surface area contributed by atoms with Crippen molar-refractivity contribution in [1.82, 2.24) is 0 Å². The summed E-state index contributed by atoms with van der Waals surface area (Å²) in [5.74, 6) is 0.686. The molecule has 1 fully saturated rings. The molecule has 88 valence electrons. The van der Waals surface area contributed by atoms with E-state index in [0.717, 1.165) is 19.4 Å². The number of Topliss-reactive ketones (excluding diaryl/α,β-unsaturated/α-hetero) is 1. The first-order valence-electron chi connectivity index (χ1n) is 6.05. The molecule has 1 saturated heterocycles. The molecule has 0 aliphatic carbocycles. The molecule has 0 radical (unpaired) electrons. The Balaban J connectivity index is 2.01. The molecule has 1 aliphatic rings. The topological polar surface area (TPSA) is 52.3 Å². The van der Waals surface area contributed by atoms with Crippen LogP contribution in [0.3, 0.4) is 0 Å². The SMILES string of the molecule is CC(CN)CC(=O)CCCC1CCCO1. The zero-order valence-electron chi connectivity index (χ0n) is 9.71. The minimum absolute atomic E-state index is 0.334. The van der Waals surface area contributed by atoms with Gasteiger partial charge in [0.15, 0.2) is 0 Å². The lowest BCUT2D eigenvalue weighted by molar-refractivity contribution is -0.120. The zero-order chi connectivity index (χ0) is 11.1. The highest BCUT2D eigenvalue weighted by atomic mass is 16.5. The number of hydrogen-bond donors (Lipinski definition) is 1. The Morgan fingerprint density at radius 3 is 3.00 bits per heavy atom. The minimum atomic E-state index is 0.334. The largest absolute Gasteiger partial charge is 0.378 e. The zero-order valence-corrected chi connectivity index (χ0v) is 9.71. The number of ether oxygens (including phenoxy) is 1. The van der Waals surface area contributed by atoms with Gasteiger partial charge >= 0.3 is 0 Å². The molecule has 1 aliphatic heterocycles. The van der Waals surface area contributed by atoms with Gasteiger partial charge in [-0.05, 0) is 38.1 Å². The summed E-state index contributed by atoms with van der Waals surface area (Å²) in [6, 6.07) is 0. The van der Waals surface area contributed by atoms with Crippen molar-refractivity contribution in [2.24, 2.45) is 11.7 Å². The molecule has 0 aromatic carbocycles. The summed E-state index contributed by atoms with van der Waals surface area (Å²) in [7, 11) is 0. The van der Waals surface area contributed by atoms with Crippen LogP contribution in [0.2, 0.25) is 0 Å². The van der Waals surface area contributed by atoms with Gasteiger partial charge in [-0.1, -0.05) is 6.92 Å². The van der Waals surface area contributed by atoms with Gasteiger partial charge in [0.2, 0.25) is 0 Å². The fourth-order valence-electron chi connectivity index (χ4n) is 1.97. The van der Waals surface area contributed by atoms with Gasteiger partial charge in [0.05, 0.1) is 6.10 Å². The van der Waals surface area contributed by atoms with Crippen LogP contribution in [0.5, 0.6) is 0 Å². The number of hydrogen-bond acceptors (Lipinski definition) is 3. The van der Waals surface area contributed by atoms with Gasteiger partial charge in [-0.3, -0.25) is 4.79 Å². The molecule has 3 nitrogen and oxygen atoms in total. The molecule has 2 N–H and O–H groups in total. The fraction of sp³-hybridized carbons (Fsp3) is 0.917. The molecule has 0 saturated carbocycles. The molecule has 2 atom stereocenters. The maximum atomic E-state index is 11.5. The molecule has 0 amide bonds. The average Bonchev–Trinajstić information content (AvgIpc) is 2.70. The van der Waals surface area contributed by atoms with Crippen LogP contribution in [0, 0.1) is 5.92 Å². The van der Waals surface area contributed by atoms with E-state index in [2.05, 4.69) is 0 Å². The number of carbonyl (C=O) groups is 1. The lowest BCUT2D eigenvalue weighted by Crippen LogP contribution is -2.15. The highest BCUT2D eigenvalue weighted by molar-refractivity contribution is 5.78. The van der Waals surface area contributed by atoms with Gasteiger partial charge in [-0.15, -0.1) is 0 Å². The highest BCUT2D eigenvalue weighted by Crippen LogP contribution is 2.18. The van der Waals surface area contributed by atoms with Gasteiger partial charge < -0.3 is 10.5 Å². The fourth-order valence-corrected chi connectivity index (χ4v) is 1.97. The van der Waals surface area contributed by atoms with Gasteiger partial charge in [0.25, 0.3) is 0 Å². The molecular weight excluding hydrogens is 190 g/mol. The lowest BCUT2D eigenvalue weighted by atomic mass is 10.0. The van der Waals surface area contributed by atoms with Crippen LogP contribution in [-0.4, -0.2) is 25.0 Å². The van der Waals surface area contributed by atoms with E-state index in [9.17, 15) is 4.79 Å². The summed E-state index contributed by atoms with van der Waals surface area (Å²) in [5.41, 5.74) is 5.48. The summed E-state index contributed by atoms with van der Waals surface area (Å²) in [5, 5.41) is 0. The molecule has 2 unspecified atom stereocenters. The van der Waals surface area contributed by atoms with Crippen LogP contribution in [-0.2, 0) is 9.53 Å². The first-order valence-corrected chi connectivity index (χ1v) is 6.05. The van der Waals surface area contributed by atoms with Gasteiger partial charge in [0, 0.05) is 19.4 Å². The van der Waals surface area contributed by atoms with Crippen molar-refractivity contribution in [3.63, 3.8) is 0 Å². The van der Waals surface area contributed by atoms with Crippen LogP contribution in [0.15, 0.2) is 0 Å². The molecule has 0 spiro atoms. The maximum absolute atomic E-state index is 11.5. The molecule has 15 heavy (non-hydrogen) atoms. The van der Waals surface area contributed by atoms with Crippen molar-refractivity contribution < 1.29 is 9.53 Å². The summed E-state index contributed by atoms with van der Waals surface area (Å²) < 4.78 is 5.51. The van der Waals surface area contributed by atoms with E-state index in [1.807, 2.05) is 6.92 Å². The molecule has 0 aromatic heterocycles. The predicted molar refractivity (Wildman–Crippen MR) is 60.7 cm³/mol. The Hall–Kier alpha value is -0.410. The van der Waals surface area contributed by atoms with Crippen molar-refractivity contribution in [2.45, 2.75) is 51.6 Å². The first-order chi connectivity index (χ1) is 7.22. The number of ketones is 1. The Morgan fingerprint density at radius 2 is 2.40 bits per heavy atom. The molecule has 3 heteroatoms. The molecular formula is C12H23NO2. The summed E-state index contributed by atoms with van der Waals surface area (Å²) in [4.78, 5) is 11.5. The third kappa shape index (κ3) is 5.28. The molecule has 1 rings (SSSR count). The van der Waals surface area contributed by atoms with E-state index in [1.54, 1.807) is 0 Å². The highest BCUT2D eigenvalue weighted by Gasteiger charge is 2.15. The normalized spacial score (nSPS) is 22.9. The third-order valence-electron chi connectivity index (χ3n) is 2.98. The second-order valence-corrected chi connectivity index (χ2v) is 4.61. The smallest absolute Gasteiger partial charge is 0.133 e. The molecule has 1 heterocycles. The van der Waals surface area contributed by atoms with Crippen LogP contribution in [0.4, 0.5) is 0 Å². The van der Waals surface area contributed by atoms with E-state index in [1.165, 1.54) is 12.8 Å². The Morgan fingerprint density at radius 1 is 1.60 bits per heavy atom. The first kappa shape index (κ1) is 12.7. The standard InChI is InChI=1S/C12H23NO2/c1-10(9-13)8-11(14)4-2-5-12-6-3-7-15-12/h10,12H,2-9,13H2,1H3.